The highest BCUT2D eigenvalue weighted by Gasteiger charge is 2.32. The van der Waals surface area contributed by atoms with E-state index in [0.29, 0.717) is 53.1 Å². The van der Waals surface area contributed by atoms with Crippen molar-refractivity contribution in [1.82, 2.24) is 19.5 Å². The van der Waals surface area contributed by atoms with Gasteiger partial charge < -0.3 is 10.0 Å². The average molecular weight is 459 g/mol. The van der Waals surface area contributed by atoms with Crippen LogP contribution in [-0.2, 0) is 0 Å². The molecule has 0 unspecified atom stereocenters. The molecule has 1 fully saturated rings. The van der Waals surface area contributed by atoms with Crippen molar-refractivity contribution < 1.29 is 18.3 Å². The fourth-order valence-electron chi connectivity index (χ4n) is 4.17. The van der Waals surface area contributed by atoms with Crippen molar-refractivity contribution in [3.8, 4) is 5.88 Å². The zero-order valence-electron chi connectivity index (χ0n) is 17.2. The van der Waals surface area contributed by atoms with E-state index < -0.39 is 17.7 Å². The van der Waals surface area contributed by atoms with E-state index in [-0.39, 0.29) is 11.7 Å². The number of benzene rings is 2. The maximum absolute atomic E-state index is 14.2. The summed E-state index contributed by atoms with van der Waals surface area (Å²) in [5.74, 6) is -1.71. The molecular formula is C22H20F3N5OS. The van der Waals surface area contributed by atoms with Gasteiger partial charge in [0.25, 0.3) is 0 Å². The molecule has 0 aliphatic carbocycles. The predicted molar refractivity (Wildman–Crippen MR) is 116 cm³/mol. The van der Waals surface area contributed by atoms with E-state index in [0.717, 1.165) is 12.1 Å². The molecule has 0 saturated carbocycles. The third-order valence-electron chi connectivity index (χ3n) is 5.69. The number of nitrogens with zero attached hydrogens (tertiary/aromatic N) is 5. The fourth-order valence-corrected chi connectivity index (χ4v) is 5.33. The standard InChI is InChI=1S/C22H20F3N5OS/c1-13-26-22-30(27-13)21(31)20(32-22)19(14-6-7-15(23)17(25)12-14)29-10-8-28(9-11-29)18-5-3-2-4-16(18)24/h2-7,12,19,31H,8-11H2,1H3/t19-/m0/s1. The molecule has 0 spiro atoms. The van der Waals surface area contributed by atoms with Crippen LogP contribution in [0, 0.1) is 24.4 Å². The van der Waals surface area contributed by atoms with Crippen LogP contribution < -0.4 is 4.90 Å². The SMILES string of the molecule is Cc1nc2sc([C@H](c3ccc(F)c(F)c3)N3CCN(c4ccccc4F)CC3)c(O)n2n1. The first kappa shape index (κ1) is 20.8. The van der Waals surface area contributed by atoms with Crippen LogP contribution in [0.1, 0.15) is 22.3 Å². The number of aryl methyl sites for hydroxylation is 1. The number of thiazole rings is 1. The van der Waals surface area contributed by atoms with Gasteiger partial charge in [-0.3, -0.25) is 4.90 Å². The van der Waals surface area contributed by atoms with E-state index in [1.165, 1.54) is 28.0 Å². The van der Waals surface area contributed by atoms with Crippen molar-refractivity contribution >= 4 is 22.0 Å². The number of hydrogen-bond donors (Lipinski definition) is 1. The van der Waals surface area contributed by atoms with Crippen molar-refractivity contribution in [2.75, 3.05) is 31.1 Å². The molecule has 0 radical (unpaired) electrons. The zero-order chi connectivity index (χ0) is 22.4. The number of hydrogen-bond acceptors (Lipinski definition) is 6. The van der Waals surface area contributed by atoms with E-state index in [1.54, 1.807) is 25.1 Å². The molecule has 1 N–H and O–H groups in total. The number of fused-ring (bicyclic) bond motifs is 1. The van der Waals surface area contributed by atoms with Crippen molar-refractivity contribution in [3.63, 3.8) is 0 Å². The number of piperazine rings is 1. The van der Waals surface area contributed by atoms with Crippen molar-refractivity contribution in [1.29, 1.82) is 0 Å². The maximum Gasteiger partial charge on any atom is 0.230 e. The van der Waals surface area contributed by atoms with Gasteiger partial charge in [-0.05, 0) is 36.8 Å². The number of aromatic nitrogens is 3. The predicted octanol–water partition coefficient (Wildman–Crippen LogP) is 4.13. The summed E-state index contributed by atoms with van der Waals surface area (Å²) >= 11 is 1.26. The summed E-state index contributed by atoms with van der Waals surface area (Å²) in [6, 6.07) is 9.86. The van der Waals surface area contributed by atoms with Crippen LogP contribution in [0.2, 0.25) is 0 Å². The van der Waals surface area contributed by atoms with E-state index in [9.17, 15) is 18.3 Å². The van der Waals surface area contributed by atoms with E-state index >= 15 is 0 Å². The lowest BCUT2D eigenvalue weighted by molar-refractivity contribution is 0.210. The number of rotatable bonds is 4. The minimum atomic E-state index is -0.952. The first-order chi connectivity index (χ1) is 15.4. The van der Waals surface area contributed by atoms with E-state index in [4.69, 9.17) is 0 Å². The Kier molecular flexibility index (Phi) is 5.26. The molecule has 0 amide bonds. The van der Waals surface area contributed by atoms with Crippen LogP contribution in [0.5, 0.6) is 5.88 Å². The summed E-state index contributed by atoms with van der Waals surface area (Å²) in [4.78, 5) is 9.41. The molecule has 10 heteroatoms. The molecule has 1 saturated heterocycles. The third-order valence-corrected chi connectivity index (χ3v) is 6.76. The summed E-state index contributed by atoms with van der Waals surface area (Å²) in [6.45, 7) is 3.88. The molecule has 2 aromatic carbocycles. The van der Waals surface area contributed by atoms with Crippen LogP contribution in [0.3, 0.4) is 0 Å². The molecule has 166 valence electrons. The second-order valence-corrected chi connectivity index (χ2v) is 8.70. The Hall–Kier alpha value is -3.11. The highest BCUT2D eigenvalue weighted by Crippen LogP contribution is 2.40. The molecule has 0 bridgehead atoms. The summed E-state index contributed by atoms with van der Waals surface area (Å²) in [6.07, 6.45) is 0. The molecule has 32 heavy (non-hydrogen) atoms. The molecule has 5 rings (SSSR count). The minimum Gasteiger partial charge on any atom is -0.492 e. The molecule has 3 heterocycles. The Labute approximate surface area is 186 Å². The van der Waals surface area contributed by atoms with Gasteiger partial charge in [0, 0.05) is 26.2 Å². The average Bonchev–Trinajstić information content (AvgIpc) is 3.29. The monoisotopic (exact) mass is 459 g/mol. The molecule has 1 atom stereocenters. The number of aromatic hydroxyl groups is 1. The third kappa shape index (κ3) is 3.59. The first-order valence-corrected chi connectivity index (χ1v) is 11.0. The lowest BCUT2D eigenvalue weighted by atomic mass is 10.0. The smallest absolute Gasteiger partial charge is 0.230 e. The Morgan fingerprint density at radius 1 is 0.969 bits per heavy atom. The van der Waals surface area contributed by atoms with Gasteiger partial charge in [0.1, 0.15) is 11.6 Å². The van der Waals surface area contributed by atoms with Gasteiger partial charge in [-0.1, -0.05) is 29.5 Å². The topological polar surface area (TPSA) is 56.9 Å². The fraction of sp³-hybridized carbons (Fsp3) is 0.273. The van der Waals surface area contributed by atoms with Gasteiger partial charge in [-0.15, -0.1) is 5.10 Å². The van der Waals surface area contributed by atoms with Gasteiger partial charge in [0.05, 0.1) is 16.6 Å². The van der Waals surface area contributed by atoms with Crippen LogP contribution >= 0.6 is 11.3 Å². The number of halogens is 3. The Morgan fingerprint density at radius 3 is 2.41 bits per heavy atom. The molecule has 6 nitrogen and oxygen atoms in total. The van der Waals surface area contributed by atoms with Crippen molar-refractivity contribution in [2.24, 2.45) is 0 Å². The first-order valence-electron chi connectivity index (χ1n) is 10.2. The highest BCUT2D eigenvalue weighted by molar-refractivity contribution is 7.17. The van der Waals surface area contributed by atoms with Crippen molar-refractivity contribution in [3.05, 3.63) is 76.2 Å². The van der Waals surface area contributed by atoms with Gasteiger partial charge in [-0.2, -0.15) is 4.52 Å². The summed E-state index contributed by atoms with van der Waals surface area (Å²) in [5.41, 5.74) is 1.05. The molecule has 4 aromatic rings. The van der Waals surface area contributed by atoms with Crippen LogP contribution in [0.25, 0.3) is 4.96 Å². The summed E-state index contributed by atoms with van der Waals surface area (Å²) in [7, 11) is 0. The van der Waals surface area contributed by atoms with Gasteiger partial charge in [-0.25, -0.2) is 18.2 Å². The lowest BCUT2D eigenvalue weighted by Crippen LogP contribution is -2.48. The largest absolute Gasteiger partial charge is 0.492 e. The molecule has 1 aliphatic heterocycles. The van der Waals surface area contributed by atoms with Crippen LogP contribution in [0.4, 0.5) is 18.9 Å². The Bertz CT molecular complexity index is 1280. The molecule has 1 aliphatic rings. The van der Waals surface area contributed by atoms with Crippen LogP contribution in [-0.4, -0.2) is 50.8 Å². The van der Waals surface area contributed by atoms with Gasteiger partial charge in [0.2, 0.25) is 10.8 Å². The lowest BCUT2D eigenvalue weighted by Gasteiger charge is -2.40. The van der Waals surface area contributed by atoms with E-state index in [2.05, 4.69) is 15.0 Å². The number of anilines is 1. The Morgan fingerprint density at radius 2 is 1.72 bits per heavy atom. The van der Waals surface area contributed by atoms with Gasteiger partial charge in [0.15, 0.2) is 11.6 Å². The van der Waals surface area contributed by atoms with Gasteiger partial charge >= 0.3 is 0 Å². The van der Waals surface area contributed by atoms with Crippen LogP contribution in [0.15, 0.2) is 42.5 Å². The minimum absolute atomic E-state index is 0.0723. The molecule has 2 aromatic heterocycles. The zero-order valence-corrected chi connectivity index (χ0v) is 18.0. The second kappa shape index (κ2) is 8.10. The molecular weight excluding hydrogens is 439 g/mol. The normalized spacial score (nSPS) is 16.1. The summed E-state index contributed by atoms with van der Waals surface area (Å²) < 4.78 is 43.3. The van der Waals surface area contributed by atoms with E-state index in [1.807, 2.05) is 4.90 Å². The Balaban J connectivity index is 1.50. The highest BCUT2D eigenvalue weighted by atomic mass is 32.1. The summed E-state index contributed by atoms with van der Waals surface area (Å²) in [5, 5.41) is 15.1. The maximum atomic E-state index is 14.2. The second-order valence-electron chi connectivity index (χ2n) is 7.69. The number of para-hydroxylation sites is 1. The van der Waals surface area contributed by atoms with Crippen molar-refractivity contribution in [2.45, 2.75) is 13.0 Å². The quantitative estimate of drug-likeness (QED) is 0.497.